The first-order valence-corrected chi connectivity index (χ1v) is 8.49. The van der Waals surface area contributed by atoms with Crippen LogP contribution >= 0.6 is 0 Å². The number of nitrogens with two attached hydrogens (primary N) is 1. The van der Waals surface area contributed by atoms with Crippen molar-refractivity contribution in [2.75, 3.05) is 0 Å². The Morgan fingerprint density at radius 1 is 0.920 bits per heavy atom. The number of primary amides is 1. The van der Waals surface area contributed by atoms with E-state index in [1.54, 1.807) is 0 Å². The molecule has 0 unspecified atom stereocenters. The van der Waals surface area contributed by atoms with Gasteiger partial charge < -0.3 is 16.4 Å². The van der Waals surface area contributed by atoms with Crippen LogP contribution in [0.1, 0.15) is 24.5 Å². The lowest BCUT2D eigenvalue weighted by atomic mass is 10.0. The first kappa shape index (κ1) is 18.5. The molecule has 0 aliphatic carbocycles. The van der Waals surface area contributed by atoms with Crippen LogP contribution in [0.5, 0.6) is 0 Å². The van der Waals surface area contributed by atoms with E-state index >= 15 is 0 Å². The Balaban J connectivity index is 1.90. The van der Waals surface area contributed by atoms with Gasteiger partial charge in [0, 0.05) is 12.5 Å². The first-order chi connectivity index (χ1) is 12.0. The number of aryl methyl sites for hydroxylation is 1. The van der Waals surface area contributed by atoms with Crippen molar-refractivity contribution in [2.24, 2.45) is 5.73 Å². The molecule has 0 saturated heterocycles. The number of benzene rings is 2. The van der Waals surface area contributed by atoms with E-state index < -0.39 is 12.1 Å². The molecule has 0 saturated carbocycles. The van der Waals surface area contributed by atoms with Crippen molar-refractivity contribution >= 4 is 11.9 Å². The molecular weight excluding hydrogens is 314 g/mol. The molecule has 2 aromatic rings. The number of carbonyl (C=O) groups excluding carboxylic acids is 2. The molecule has 0 aliphatic heterocycles. The number of nitrogens with one attached hydrogen (secondary N) is 2. The second-order valence-corrected chi connectivity index (χ2v) is 6.18. The van der Waals surface area contributed by atoms with E-state index in [1.165, 1.54) is 5.56 Å². The lowest BCUT2D eigenvalue weighted by molar-refractivity contribution is -0.123. The van der Waals surface area contributed by atoms with Gasteiger partial charge >= 0.3 is 6.03 Å². The van der Waals surface area contributed by atoms with Crippen LogP contribution in [0.3, 0.4) is 0 Å². The normalized spacial score (nSPS) is 12.8. The third kappa shape index (κ3) is 6.67. The van der Waals surface area contributed by atoms with E-state index in [-0.39, 0.29) is 11.9 Å². The third-order valence-electron chi connectivity index (χ3n) is 4.01. The molecule has 0 bridgehead atoms. The Hall–Kier alpha value is -2.82. The monoisotopic (exact) mass is 339 g/mol. The van der Waals surface area contributed by atoms with Crippen molar-refractivity contribution in [1.29, 1.82) is 0 Å². The highest BCUT2D eigenvalue weighted by Gasteiger charge is 2.21. The fourth-order valence-electron chi connectivity index (χ4n) is 2.67. The van der Waals surface area contributed by atoms with Gasteiger partial charge in [-0.2, -0.15) is 0 Å². The summed E-state index contributed by atoms with van der Waals surface area (Å²) in [6.45, 7) is 1.96. The Morgan fingerprint density at radius 2 is 1.48 bits per heavy atom. The van der Waals surface area contributed by atoms with Crippen molar-refractivity contribution in [1.82, 2.24) is 10.6 Å². The second-order valence-electron chi connectivity index (χ2n) is 6.18. The Bertz CT molecular complexity index is 674. The molecule has 5 heteroatoms. The van der Waals surface area contributed by atoms with Gasteiger partial charge in [-0.3, -0.25) is 4.79 Å². The molecule has 3 amide bonds. The standard InChI is InChI=1S/C20H25N3O2/c1-15(12-13-16-8-4-2-5-9-16)22-19(24)18(23-20(21)25)14-17-10-6-3-7-11-17/h2-11,15,18H,12-14H2,1H3,(H,22,24)(H3,21,23,25)/t15-,18-/m0/s1. The molecule has 25 heavy (non-hydrogen) atoms. The minimum Gasteiger partial charge on any atom is -0.352 e. The van der Waals surface area contributed by atoms with Gasteiger partial charge in [0.1, 0.15) is 6.04 Å². The maximum Gasteiger partial charge on any atom is 0.312 e. The van der Waals surface area contributed by atoms with Crippen LogP contribution < -0.4 is 16.4 Å². The molecule has 2 aromatic carbocycles. The molecular formula is C20H25N3O2. The lowest BCUT2D eigenvalue weighted by Crippen LogP contribution is -2.51. The molecule has 5 nitrogen and oxygen atoms in total. The minimum atomic E-state index is -0.701. The van der Waals surface area contributed by atoms with Gasteiger partial charge in [-0.05, 0) is 30.9 Å². The molecule has 0 aromatic heterocycles. The van der Waals surface area contributed by atoms with Crippen LogP contribution in [0.25, 0.3) is 0 Å². The zero-order valence-corrected chi connectivity index (χ0v) is 14.4. The Kier molecular flexibility index (Phi) is 7.01. The Labute approximate surface area is 148 Å². The fourth-order valence-corrected chi connectivity index (χ4v) is 2.67. The predicted octanol–water partition coefficient (Wildman–Crippen LogP) is 2.40. The van der Waals surface area contributed by atoms with Gasteiger partial charge in [0.2, 0.25) is 5.91 Å². The highest BCUT2D eigenvalue weighted by Crippen LogP contribution is 2.07. The summed E-state index contributed by atoms with van der Waals surface area (Å²) in [5.41, 5.74) is 7.42. The summed E-state index contributed by atoms with van der Waals surface area (Å²) in [6.07, 6.45) is 2.11. The predicted molar refractivity (Wildman–Crippen MR) is 99.0 cm³/mol. The molecule has 0 aliphatic rings. The average molecular weight is 339 g/mol. The highest BCUT2D eigenvalue weighted by atomic mass is 16.2. The van der Waals surface area contributed by atoms with E-state index in [9.17, 15) is 9.59 Å². The second kappa shape index (κ2) is 9.47. The van der Waals surface area contributed by atoms with E-state index in [0.29, 0.717) is 6.42 Å². The van der Waals surface area contributed by atoms with Crippen LogP contribution in [-0.2, 0) is 17.6 Å². The van der Waals surface area contributed by atoms with Crippen LogP contribution in [0.4, 0.5) is 4.79 Å². The summed E-state index contributed by atoms with van der Waals surface area (Å²) in [5, 5.41) is 5.50. The number of urea groups is 1. The lowest BCUT2D eigenvalue weighted by Gasteiger charge is -2.21. The van der Waals surface area contributed by atoms with Crippen molar-refractivity contribution < 1.29 is 9.59 Å². The summed E-state index contributed by atoms with van der Waals surface area (Å²) in [7, 11) is 0. The Morgan fingerprint density at radius 3 is 2.04 bits per heavy atom. The van der Waals surface area contributed by atoms with Crippen LogP contribution in [0.2, 0.25) is 0 Å². The summed E-state index contributed by atoms with van der Waals surface area (Å²) in [4.78, 5) is 23.8. The molecule has 0 fully saturated rings. The maximum absolute atomic E-state index is 12.5. The first-order valence-electron chi connectivity index (χ1n) is 8.49. The zero-order valence-electron chi connectivity index (χ0n) is 14.4. The smallest absolute Gasteiger partial charge is 0.312 e. The largest absolute Gasteiger partial charge is 0.352 e. The average Bonchev–Trinajstić information content (AvgIpc) is 2.61. The quantitative estimate of drug-likeness (QED) is 0.690. The number of hydrogen-bond acceptors (Lipinski definition) is 2. The van der Waals surface area contributed by atoms with Gasteiger partial charge in [0.25, 0.3) is 0 Å². The molecule has 4 N–H and O–H groups in total. The highest BCUT2D eigenvalue weighted by molar-refractivity contribution is 5.87. The number of rotatable bonds is 8. The topological polar surface area (TPSA) is 84.2 Å². The van der Waals surface area contributed by atoms with E-state index in [4.69, 9.17) is 5.73 Å². The molecule has 0 radical (unpaired) electrons. The van der Waals surface area contributed by atoms with Gasteiger partial charge in [-0.15, -0.1) is 0 Å². The number of hydrogen-bond donors (Lipinski definition) is 3. The number of amides is 3. The third-order valence-corrected chi connectivity index (χ3v) is 4.01. The van der Waals surface area contributed by atoms with Crippen LogP contribution in [-0.4, -0.2) is 24.0 Å². The van der Waals surface area contributed by atoms with Crippen molar-refractivity contribution in [3.63, 3.8) is 0 Å². The zero-order chi connectivity index (χ0) is 18.1. The maximum atomic E-state index is 12.5. The number of carbonyl (C=O) groups is 2. The molecule has 0 spiro atoms. The van der Waals surface area contributed by atoms with E-state index in [0.717, 1.165) is 18.4 Å². The minimum absolute atomic E-state index is 0.000607. The van der Waals surface area contributed by atoms with E-state index in [2.05, 4.69) is 22.8 Å². The molecule has 2 rings (SSSR count). The summed E-state index contributed by atoms with van der Waals surface area (Å²) < 4.78 is 0. The summed E-state index contributed by atoms with van der Waals surface area (Å²) in [6, 6.07) is 18.3. The van der Waals surface area contributed by atoms with Crippen LogP contribution in [0.15, 0.2) is 60.7 Å². The SMILES string of the molecule is C[C@@H](CCc1ccccc1)NC(=O)[C@H](Cc1ccccc1)NC(N)=O. The van der Waals surface area contributed by atoms with E-state index in [1.807, 2.05) is 55.5 Å². The van der Waals surface area contributed by atoms with Crippen molar-refractivity contribution in [2.45, 2.75) is 38.3 Å². The van der Waals surface area contributed by atoms with Crippen molar-refractivity contribution in [3.05, 3.63) is 71.8 Å². The molecule has 2 atom stereocenters. The summed E-state index contributed by atoms with van der Waals surface area (Å²) >= 11 is 0. The summed E-state index contributed by atoms with van der Waals surface area (Å²) in [5.74, 6) is -0.219. The van der Waals surface area contributed by atoms with Gasteiger partial charge in [0.05, 0.1) is 0 Å². The van der Waals surface area contributed by atoms with Crippen LogP contribution in [0, 0.1) is 0 Å². The van der Waals surface area contributed by atoms with Gasteiger partial charge in [-0.1, -0.05) is 60.7 Å². The van der Waals surface area contributed by atoms with Gasteiger partial charge in [-0.25, -0.2) is 4.79 Å². The molecule has 132 valence electrons. The fraction of sp³-hybridized carbons (Fsp3) is 0.300. The van der Waals surface area contributed by atoms with Crippen molar-refractivity contribution in [3.8, 4) is 0 Å². The molecule has 0 heterocycles. The van der Waals surface area contributed by atoms with Gasteiger partial charge in [0.15, 0.2) is 0 Å².